The maximum Gasteiger partial charge on any atom is 0.330 e. The maximum atomic E-state index is 11.7. The highest BCUT2D eigenvalue weighted by Crippen LogP contribution is 2.42. The molecule has 0 saturated carbocycles. The molecule has 1 fully saturated rings. The number of nitrogens with one attached hydrogen (secondary N) is 1. The lowest BCUT2D eigenvalue weighted by Crippen LogP contribution is -2.46. The summed E-state index contributed by atoms with van der Waals surface area (Å²) in [5.41, 5.74) is -1.79. The molecule has 0 aromatic carbocycles. The van der Waals surface area contributed by atoms with Crippen LogP contribution < -0.4 is 11.2 Å². The fourth-order valence-electron chi connectivity index (χ4n) is 2.67. The van der Waals surface area contributed by atoms with E-state index in [0.717, 1.165) is 0 Å². The third-order valence-electron chi connectivity index (χ3n) is 3.45. The molecule has 17 heavy (non-hydrogen) atoms. The summed E-state index contributed by atoms with van der Waals surface area (Å²) < 4.78 is 6.75. The van der Waals surface area contributed by atoms with Gasteiger partial charge >= 0.3 is 5.69 Å². The highest BCUT2D eigenvalue weighted by Gasteiger charge is 2.52. The quantitative estimate of drug-likeness (QED) is 0.532. The van der Waals surface area contributed by atoms with E-state index in [0.29, 0.717) is 5.69 Å². The van der Waals surface area contributed by atoms with Crippen molar-refractivity contribution in [3.8, 4) is 0 Å². The Morgan fingerprint density at radius 2 is 2.35 bits per heavy atom. The van der Waals surface area contributed by atoms with E-state index in [2.05, 4.69) is 4.98 Å². The van der Waals surface area contributed by atoms with Crippen LogP contribution in [0.25, 0.3) is 0 Å². The second kappa shape index (κ2) is 3.28. The number of aliphatic hydroxyl groups is 2. The Balaban J connectivity index is 2.17. The molecular weight excluding hydrogens is 228 g/mol. The number of rotatable bonds is 1. The van der Waals surface area contributed by atoms with Crippen molar-refractivity contribution in [2.24, 2.45) is 0 Å². The molecule has 7 nitrogen and oxygen atoms in total. The average molecular weight is 240 g/mol. The summed E-state index contributed by atoms with van der Waals surface area (Å²) in [7, 11) is 0. The van der Waals surface area contributed by atoms with E-state index >= 15 is 0 Å². The zero-order valence-electron chi connectivity index (χ0n) is 8.92. The highest BCUT2D eigenvalue weighted by molar-refractivity contribution is 5.15. The lowest BCUT2D eigenvalue weighted by molar-refractivity contribution is -0.0727. The highest BCUT2D eigenvalue weighted by atomic mass is 16.5. The lowest BCUT2D eigenvalue weighted by Gasteiger charge is -2.30. The van der Waals surface area contributed by atoms with Crippen LogP contribution in [0, 0.1) is 0 Å². The van der Waals surface area contributed by atoms with E-state index in [1.165, 1.54) is 10.6 Å². The minimum absolute atomic E-state index is 0.133. The van der Waals surface area contributed by atoms with Gasteiger partial charge in [0.25, 0.3) is 5.56 Å². The molecule has 2 aliphatic rings. The minimum Gasteiger partial charge on any atom is -0.394 e. The summed E-state index contributed by atoms with van der Waals surface area (Å²) >= 11 is 0. The Labute approximate surface area is 95.3 Å². The number of hydrogen-bond donors (Lipinski definition) is 3. The normalized spacial score (nSPS) is 34.7. The van der Waals surface area contributed by atoms with Gasteiger partial charge in [-0.05, 0) is 0 Å². The van der Waals surface area contributed by atoms with Crippen molar-refractivity contribution >= 4 is 0 Å². The molecule has 3 atom stereocenters. The van der Waals surface area contributed by atoms with Crippen LogP contribution in [0.2, 0.25) is 0 Å². The number of aliphatic hydroxyl groups excluding tert-OH is 1. The number of hydrogen-bond acceptors (Lipinski definition) is 5. The lowest BCUT2D eigenvalue weighted by atomic mass is 9.87. The largest absolute Gasteiger partial charge is 0.394 e. The van der Waals surface area contributed by atoms with Gasteiger partial charge in [-0.3, -0.25) is 14.3 Å². The molecule has 3 rings (SSSR count). The van der Waals surface area contributed by atoms with E-state index in [1.54, 1.807) is 0 Å². The Bertz CT molecular complexity index is 577. The molecule has 7 heteroatoms. The van der Waals surface area contributed by atoms with E-state index in [1.807, 2.05) is 0 Å². The SMILES string of the molecule is O=c1cc2n(c(=O)[nH]1)[C@H]1C[C@@](O)(C2)[C@@H](CO)O1. The molecule has 2 aliphatic heterocycles. The third-order valence-corrected chi connectivity index (χ3v) is 3.45. The molecule has 1 saturated heterocycles. The Kier molecular flexibility index (Phi) is 2.07. The van der Waals surface area contributed by atoms with Crippen molar-refractivity contribution in [1.82, 2.24) is 9.55 Å². The summed E-state index contributed by atoms with van der Waals surface area (Å²) in [6, 6.07) is 1.28. The zero-order chi connectivity index (χ0) is 12.2. The maximum absolute atomic E-state index is 11.7. The second-order valence-corrected chi connectivity index (χ2v) is 4.55. The van der Waals surface area contributed by atoms with Crippen molar-refractivity contribution in [1.29, 1.82) is 0 Å². The Morgan fingerprint density at radius 3 is 3.06 bits per heavy atom. The Hall–Kier alpha value is -1.44. The molecule has 0 spiro atoms. The molecule has 0 aliphatic carbocycles. The van der Waals surface area contributed by atoms with Crippen LogP contribution in [0.5, 0.6) is 0 Å². The van der Waals surface area contributed by atoms with E-state index in [4.69, 9.17) is 9.84 Å². The van der Waals surface area contributed by atoms with Crippen LogP contribution in [-0.4, -0.2) is 38.1 Å². The van der Waals surface area contributed by atoms with Gasteiger partial charge in [0.15, 0.2) is 0 Å². The zero-order valence-corrected chi connectivity index (χ0v) is 8.92. The molecule has 3 heterocycles. The van der Waals surface area contributed by atoms with Crippen molar-refractivity contribution in [2.75, 3.05) is 6.61 Å². The van der Waals surface area contributed by atoms with Crippen molar-refractivity contribution in [3.05, 3.63) is 32.6 Å². The third kappa shape index (κ3) is 1.40. The predicted molar refractivity (Wildman–Crippen MR) is 55.6 cm³/mol. The molecule has 1 aromatic rings. The summed E-state index contributed by atoms with van der Waals surface area (Å²) in [6.07, 6.45) is -0.961. The fraction of sp³-hybridized carbons (Fsp3) is 0.600. The summed E-state index contributed by atoms with van der Waals surface area (Å²) in [4.78, 5) is 25.0. The number of H-pyrrole nitrogens is 1. The van der Waals surface area contributed by atoms with Crippen LogP contribution in [0.15, 0.2) is 15.7 Å². The van der Waals surface area contributed by atoms with Gasteiger partial charge in [0, 0.05) is 24.6 Å². The smallest absolute Gasteiger partial charge is 0.330 e. The molecule has 1 aromatic heterocycles. The van der Waals surface area contributed by atoms with Crippen LogP contribution in [0.3, 0.4) is 0 Å². The standard InChI is InChI=1S/C10H12N2O5/c13-4-6-10(16)2-5-1-7(14)11-9(15)12(5)8(3-10)17-6/h1,6,8,13,16H,2-4H2,(H,11,14,15)/t6-,8-,10+/m1/s1. The van der Waals surface area contributed by atoms with E-state index in [-0.39, 0.29) is 19.4 Å². The molecule has 92 valence electrons. The van der Waals surface area contributed by atoms with Gasteiger partial charge in [0.05, 0.1) is 6.61 Å². The second-order valence-electron chi connectivity index (χ2n) is 4.55. The van der Waals surface area contributed by atoms with Crippen molar-refractivity contribution < 1.29 is 14.9 Å². The minimum atomic E-state index is -1.19. The Morgan fingerprint density at radius 1 is 1.59 bits per heavy atom. The summed E-state index contributed by atoms with van der Waals surface area (Å²) in [5.74, 6) is 0. The van der Waals surface area contributed by atoms with Gasteiger partial charge in [-0.2, -0.15) is 0 Å². The number of aromatic amines is 1. The van der Waals surface area contributed by atoms with E-state index in [9.17, 15) is 14.7 Å². The van der Waals surface area contributed by atoms with Gasteiger partial charge in [-0.1, -0.05) is 0 Å². The van der Waals surface area contributed by atoms with Gasteiger partial charge in [-0.25, -0.2) is 4.79 Å². The van der Waals surface area contributed by atoms with Crippen LogP contribution >= 0.6 is 0 Å². The van der Waals surface area contributed by atoms with Gasteiger partial charge in [0.1, 0.15) is 17.9 Å². The van der Waals surface area contributed by atoms with Crippen molar-refractivity contribution in [3.63, 3.8) is 0 Å². The summed E-state index contributed by atoms with van der Waals surface area (Å²) in [5, 5.41) is 19.4. The van der Waals surface area contributed by atoms with Gasteiger partial charge < -0.3 is 14.9 Å². The average Bonchev–Trinajstić information content (AvgIpc) is 2.48. The molecular formula is C10H12N2O5. The van der Waals surface area contributed by atoms with Crippen molar-refractivity contribution in [2.45, 2.75) is 30.8 Å². The first-order chi connectivity index (χ1) is 8.03. The molecule has 2 bridgehead atoms. The molecule has 0 unspecified atom stereocenters. The monoisotopic (exact) mass is 240 g/mol. The number of aromatic nitrogens is 2. The first-order valence-corrected chi connectivity index (χ1v) is 5.37. The number of nitrogens with zero attached hydrogens (tertiary/aromatic N) is 1. The fourth-order valence-corrected chi connectivity index (χ4v) is 2.67. The van der Waals surface area contributed by atoms with Crippen LogP contribution in [-0.2, 0) is 11.2 Å². The van der Waals surface area contributed by atoms with Gasteiger partial charge in [-0.15, -0.1) is 0 Å². The summed E-state index contributed by atoms with van der Waals surface area (Å²) in [6.45, 7) is -0.316. The molecule has 3 N–H and O–H groups in total. The van der Waals surface area contributed by atoms with Crippen LogP contribution in [0.1, 0.15) is 18.3 Å². The molecule has 0 radical (unpaired) electrons. The first kappa shape index (κ1) is 10.7. The van der Waals surface area contributed by atoms with E-state index < -0.39 is 29.2 Å². The molecule has 0 amide bonds. The topological polar surface area (TPSA) is 105 Å². The predicted octanol–water partition coefficient (Wildman–Crippen LogP) is -1.90. The first-order valence-electron chi connectivity index (χ1n) is 5.37. The number of fused-ring (bicyclic) bond motifs is 4. The van der Waals surface area contributed by atoms with Gasteiger partial charge in [0.2, 0.25) is 0 Å². The number of ether oxygens (including phenoxy) is 1. The van der Waals surface area contributed by atoms with Crippen LogP contribution in [0.4, 0.5) is 0 Å².